The number of carbonyl (C=O) groups excluding carboxylic acids is 2. The van der Waals surface area contributed by atoms with Crippen molar-refractivity contribution in [2.45, 2.75) is 6.92 Å². The van der Waals surface area contributed by atoms with Gasteiger partial charge in [0.1, 0.15) is 0 Å². The van der Waals surface area contributed by atoms with Crippen LogP contribution in [-0.2, 0) is 9.59 Å². The molecule has 1 saturated heterocycles. The molecule has 5 heteroatoms. The maximum Gasteiger partial charge on any atom is 0.247 e. The van der Waals surface area contributed by atoms with E-state index >= 15 is 0 Å². The normalized spacial score (nSPS) is 15.7. The summed E-state index contributed by atoms with van der Waals surface area (Å²) in [7, 11) is 0. The molecule has 0 spiro atoms. The smallest absolute Gasteiger partial charge is 0.247 e. The summed E-state index contributed by atoms with van der Waals surface area (Å²) in [5, 5.41) is 3.35. The predicted octanol–water partition coefficient (Wildman–Crippen LogP) is 1.62. The number of rotatable bonds is 2. The molecule has 19 heavy (non-hydrogen) atoms. The molecule has 0 saturated carbocycles. The summed E-state index contributed by atoms with van der Waals surface area (Å²) in [6.45, 7) is 3.10. The molecule has 4 nitrogen and oxygen atoms in total. The molecule has 0 aliphatic carbocycles. The lowest BCUT2D eigenvalue weighted by molar-refractivity contribution is -0.134. The Hall–Kier alpha value is -1.81. The average Bonchev–Trinajstić information content (AvgIpc) is 2.40. The average molecular weight is 279 g/mol. The topological polar surface area (TPSA) is 49.4 Å². The molecule has 1 fully saturated rings. The van der Waals surface area contributed by atoms with Crippen molar-refractivity contribution in [3.05, 3.63) is 40.4 Å². The van der Waals surface area contributed by atoms with Crippen molar-refractivity contribution in [3.63, 3.8) is 0 Å². The monoisotopic (exact) mass is 278 g/mol. The molecule has 0 atom stereocenters. The van der Waals surface area contributed by atoms with E-state index in [1.165, 1.54) is 11.0 Å². The summed E-state index contributed by atoms with van der Waals surface area (Å²) in [5.74, 6) is -0.280. The quantitative estimate of drug-likeness (QED) is 0.836. The number of amides is 2. The van der Waals surface area contributed by atoms with Gasteiger partial charge in [-0.05, 0) is 30.2 Å². The van der Waals surface area contributed by atoms with Crippen LogP contribution in [0.2, 0.25) is 5.02 Å². The van der Waals surface area contributed by atoms with Gasteiger partial charge < -0.3 is 10.2 Å². The van der Waals surface area contributed by atoms with Gasteiger partial charge >= 0.3 is 0 Å². The molecule has 1 aromatic carbocycles. The van der Waals surface area contributed by atoms with E-state index < -0.39 is 0 Å². The summed E-state index contributed by atoms with van der Waals surface area (Å²) < 4.78 is 0. The summed E-state index contributed by atoms with van der Waals surface area (Å²) in [6.07, 6.45) is 3.18. The summed E-state index contributed by atoms with van der Waals surface area (Å²) >= 11 is 6.01. The van der Waals surface area contributed by atoms with E-state index in [2.05, 4.69) is 5.32 Å². The second-order valence-corrected chi connectivity index (χ2v) is 4.86. The molecule has 1 heterocycles. The van der Waals surface area contributed by atoms with Gasteiger partial charge in [-0.2, -0.15) is 0 Å². The predicted molar refractivity (Wildman–Crippen MR) is 74.8 cm³/mol. The first-order valence-corrected chi connectivity index (χ1v) is 6.44. The molecule has 0 radical (unpaired) electrons. The molecule has 0 bridgehead atoms. The molecule has 100 valence electrons. The third-order valence-corrected chi connectivity index (χ3v) is 3.37. The Labute approximate surface area is 117 Å². The fraction of sp³-hybridized carbons (Fsp3) is 0.286. The number of carbonyl (C=O) groups is 2. The highest BCUT2D eigenvalue weighted by atomic mass is 35.5. The van der Waals surface area contributed by atoms with E-state index in [0.29, 0.717) is 18.1 Å². The fourth-order valence-corrected chi connectivity index (χ4v) is 2.00. The maximum absolute atomic E-state index is 11.9. The van der Waals surface area contributed by atoms with E-state index in [-0.39, 0.29) is 18.4 Å². The molecule has 2 rings (SSSR count). The number of nitrogens with one attached hydrogen (secondary N) is 1. The van der Waals surface area contributed by atoms with Crippen LogP contribution in [0.5, 0.6) is 0 Å². The molecule has 2 amide bonds. The zero-order valence-corrected chi connectivity index (χ0v) is 11.4. The molecule has 1 aromatic rings. The van der Waals surface area contributed by atoms with Crippen LogP contribution in [0.3, 0.4) is 0 Å². The largest absolute Gasteiger partial charge is 0.353 e. The van der Waals surface area contributed by atoms with Crippen molar-refractivity contribution in [3.8, 4) is 0 Å². The maximum atomic E-state index is 11.9. The highest BCUT2D eigenvalue weighted by molar-refractivity contribution is 6.31. The van der Waals surface area contributed by atoms with E-state index in [0.717, 1.165) is 11.1 Å². The van der Waals surface area contributed by atoms with Gasteiger partial charge in [0.2, 0.25) is 11.8 Å². The van der Waals surface area contributed by atoms with Crippen LogP contribution in [0.4, 0.5) is 0 Å². The van der Waals surface area contributed by atoms with Crippen molar-refractivity contribution in [1.29, 1.82) is 0 Å². The van der Waals surface area contributed by atoms with Crippen molar-refractivity contribution < 1.29 is 9.59 Å². The van der Waals surface area contributed by atoms with Gasteiger partial charge in [-0.3, -0.25) is 9.59 Å². The van der Waals surface area contributed by atoms with E-state index in [1.807, 2.05) is 25.1 Å². The standard InChI is InChI=1S/C14H15ClN2O2/c1-10-2-3-11(8-12(10)15)4-5-14(19)17-7-6-16-13(18)9-17/h2-5,8H,6-7,9H2,1H3,(H,16,18)/b5-4+. The Balaban J connectivity index is 2.03. The third-order valence-electron chi connectivity index (χ3n) is 2.96. The van der Waals surface area contributed by atoms with Crippen molar-refractivity contribution >= 4 is 29.5 Å². The first-order chi connectivity index (χ1) is 9.06. The minimum absolute atomic E-state index is 0.119. The van der Waals surface area contributed by atoms with Crippen LogP contribution in [0.1, 0.15) is 11.1 Å². The van der Waals surface area contributed by atoms with E-state index in [9.17, 15) is 9.59 Å². The van der Waals surface area contributed by atoms with Gasteiger partial charge in [-0.15, -0.1) is 0 Å². The van der Waals surface area contributed by atoms with Gasteiger partial charge in [-0.1, -0.05) is 23.7 Å². The highest BCUT2D eigenvalue weighted by Gasteiger charge is 2.18. The third kappa shape index (κ3) is 3.58. The molecule has 1 aliphatic rings. The van der Waals surface area contributed by atoms with Gasteiger partial charge in [0, 0.05) is 24.2 Å². The van der Waals surface area contributed by atoms with Crippen molar-refractivity contribution in [2.75, 3.05) is 19.6 Å². The van der Waals surface area contributed by atoms with Crippen LogP contribution in [0, 0.1) is 6.92 Å². The van der Waals surface area contributed by atoms with Crippen LogP contribution in [0.15, 0.2) is 24.3 Å². The molecular weight excluding hydrogens is 264 g/mol. The minimum atomic E-state index is -0.161. The highest BCUT2D eigenvalue weighted by Crippen LogP contribution is 2.17. The van der Waals surface area contributed by atoms with Crippen LogP contribution >= 0.6 is 11.6 Å². The fourth-order valence-electron chi connectivity index (χ4n) is 1.81. The van der Waals surface area contributed by atoms with Crippen LogP contribution < -0.4 is 5.32 Å². The molecule has 0 aromatic heterocycles. The number of benzene rings is 1. The number of aryl methyl sites for hydroxylation is 1. The Kier molecular flexibility index (Phi) is 4.22. The van der Waals surface area contributed by atoms with Crippen LogP contribution in [-0.4, -0.2) is 36.3 Å². The Morgan fingerprint density at radius 3 is 2.95 bits per heavy atom. The summed E-state index contributed by atoms with van der Waals surface area (Å²) in [5.41, 5.74) is 1.86. The lowest BCUT2D eigenvalue weighted by Crippen LogP contribution is -2.49. The zero-order valence-electron chi connectivity index (χ0n) is 10.6. The van der Waals surface area contributed by atoms with Gasteiger partial charge in [0.25, 0.3) is 0 Å². The summed E-state index contributed by atoms with van der Waals surface area (Å²) in [4.78, 5) is 24.6. The Morgan fingerprint density at radius 1 is 1.47 bits per heavy atom. The number of hydrogen-bond donors (Lipinski definition) is 1. The van der Waals surface area contributed by atoms with E-state index in [4.69, 9.17) is 11.6 Å². The molecular formula is C14H15ClN2O2. The summed E-state index contributed by atoms with van der Waals surface area (Å²) in [6, 6.07) is 5.61. The minimum Gasteiger partial charge on any atom is -0.353 e. The first-order valence-electron chi connectivity index (χ1n) is 6.06. The SMILES string of the molecule is Cc1ccc(/C=C/C(=O)N2CCNC(=O)C2)cc1Cl. The molecule has 1 N–H and O–H groups in total. The first kappa shape index (κ1) is 13.6. The molecule has 0 unspecified atom stereocenters. The Bertz CT molecular complexity index is 540. The second-order valence-electron chi connectivity index (χ2n) is 4.45. The lowest BCUT2D eigenvalue weighted by atomic mass is 10.1. The zero-order chi connectivity index (χ0) is 13.8. The van der Waals surface area contributed by atoms with Gasteiger partial charge in [0.05, 0.1) is 6.54 Å². The second kappa shape index (κ2) is 5.89. The van der Waals surface area contributed by atoms with Crippen molar-refractivity contribution in [2.24, 2.45) is 0 Å². The van der Waals surface area contributed by atoms with Crippen LogP contribution in [0.25, 0.3) is 6.08 Å². The van der Waals surface area contributed by atoms with Gasteiger partial charge in [0.15, 0.2) is 0 Å². The van der Waals surface area contributed by atoms with E-state index in [1.54, 1.807) is 6.08 Å². The number of hydrogen-bond acceptors (Lipinski definition) is 2. The van der Waals surface area contributed by atoms with Gasteiger partial charge in [-0.25, -0.2) is 0 Å². The number of halogens is 1. The van der Waals surface area contributed by atoms with Crippen molar-refractivity contribution in [1.82, 2.24) is 10.2 Å². The lowest BCUT2D eigenvalue weighted by Gasteiger charge is -2.25. The Morgan fingerprint density at radius 2 is 2.26 bits per heavy atom. The number of piperazine rings is 1. The number of nitrogens with zero attached hydrogens (tertiary/aromatic N) is 1. The molecule has 1 aliphatic heterocycles.